The van der Waals surface area contributed by atoms with Crippen LogP contribution < -0.4 is 14.4 Å². The molecule has 0 aromatic heterocycles. The second-order valence-electron chi connectivity index (χ2n) is 10.0. The van der Waals surface area contributed by atoms with Gasteiger partial charge in [0.05, 0.1) is 29.1 Å². The number of para-hydroxylation sites is 2. The zero-order valence-electron chi connectivity index (χ0n) is 22.8. The van der Waals surface area contributed by atoms with Gasteiger partial charge in [0.15, 0.2) is 0 Å². The highest BCUT2D eigenvalue weighted by Crippen LogP contribution is 2.30. The highest BCUT2D eigenvalue weighted by molar-refractivity contribution is 7.92. The molecule has 0 aliphatic carbocycles. The Morgan fingerprint density at radius 1 is 1.08 bits per heavy atom. The van der Waals surface area contributed by atoms with E-state index in [1.165, 1.54) is 16.3 Å². The lowest BCUT2D eigenvalue weighted by atomic mass is 10.0. The van der Waals surface area contributed by atoms with Gasteiger partial charge in [-0.05, 0) is 63.4 Å². The molecule has 2 rings (SSSR count). The van der Waals surface area contributed by atoms with Gasteiger partial charge in [0.2, 0.25) is 21.8 Å². The van der Waals surface area contributed by atoms with Crippen LogP contribution in [0.3, 0.4) is 0 Å². The molecule has 0 saturated heterocycles. The fourth-order valence-corrected chi connectivity index (χ4v) is 5.31. The molecule has 1 atom stereocenters. The first-order valence-corrected chi connectivity index (χ1v) is 14.9. The number of rotatable bonds is 12. The molecule has 0 saturated carbocycles. The van der Waals surface area contributed by atoms with Crippen molar-refractivity contribution in [1.29, 1.82) is 0 Å². The maximum Gasteiger partial charge on any atom is 0.243 e. The van der Waals surface area contributed by atoms with Crippen LogP contribution >= 0.6 is 23.2 Å². The average Bonchev–Trinajstić information content (AvgIpc) is 2.82. The molecule has 0 bridgehead atoms. The maximum atomic E-state index is 13.6. The summed E-state index contributed by atoms with van der Waals surface area (Å²) in [5, 5.41) is 3.70. The van der Waals surface area contributed by atoms with Crippen LogP contribution in [0.5, 0.6) is 5.75 Å². The largest absolute Gasteiger partial charge is 0.495 e. The number of carbonyl (C=O) groups excluding carboxylic acids is 2. The third-order valence-electron chi connectivity index (χ3n) is 5.73. The van der Waals surface area contributed by atoms with E-state index in [2.05, 4.69) is 5.32 Å². The van der Waals surface area contributed by atoms with Crippen LogP contribution in [-0.4, -0.2) is 56.6 Å². The lowest BCUT2D eigenvalue weighted by Gasteiger charge is -2.33. The molecular formula is C27H37Cl2N3O5S. The predicted octanol–water partition coefficient (Wildman–Crippen LogP) is 5.27. The quantitative estimate of drug-likeness (QED) is 0.366. The van der Waals surface area contributed by atoms with Gasteiger partial charge in [-0.1, -0.05) is 48.3 Å². The van der Waals surface area contributed by atoms with Crippen LogP contribution in [0.1, 0.15) is 52.5 Å². The summed E-state index contributed by atoms with van der Waals surface area (Å²) < 4.78 is 31.7. The lowest BCUT2D eigenvalue weighted by Crippen LogP contribution is -2.53. The Morgan fingerprint density at radius 2 is 1.74 bits per heavy atom. The van der Waals surface area contributed by atoms with Gasteiger partial charge >= 0.3 is 0 Å². The molecule has 2 aromatic carbocycles. The summed E-state index contributed by atoms with van der Waals surface area (Å²) >= 11 is 12.3. The number of hydrogen-bond donors (Lipinski definition) is 1. The summed E-state index contributed by atoms with van der Waals surface area (Å²) in [6, 6.07) is 11.2. The molecule has 38 heavy (non-hydrogen) atoms. The average molecular weight is 587 g/mol. The predicted molar refractivity (Wildman–Crippen MR) is 153 cm³/mol. The molecule has 8 nitrogen and oxygen atoms in total. The van der Waals surface area contributed by atoms with Gasteiger partial charge in [-0.15, -0.1) is 0 Å². The Labute approximate surface area is 236 Å². The van der Waals surface area contributed by atoms with E-state index in [4.69, 9.17) is 27.9 Å². The van der Waals surface area contributed by atoms with E-state index in [0.717, 1.165) is 11.8 Å². The molecule has 0 heterocycles. The van der Waals surface area contributed by atoms with Crippen LogP contribution in [0, 0.1) is 0 Å². The first-order chi connectivity index (χ1) is 17.7. The minimum atomic E-state index is -3.64. The number of halogens is 2. The van der Waals surface area contributed by atoms with Crippen molar-refractivity contribution < 1.29 is 22.7 Å². The van der Waals surface area contributed by atoms with Crippen LogP contribution in [0.15, 0.2) is 42.5 Å². The second kappa shape index (κ2) is 13.5. The Bertz CT molecular complexity index is 1230. The van der Waals surface area contributed by atoms with Gasteiger partial charge in [-0.3, -0.25) is 13.9 Å². The van der Waals surface area contributed by atoms with Crippen molar-refractivity contribution >= 4 is 50.7 Å². The fourth-order valence-electron chi connectivity index (χ4n) is 4.03. The number of nitrogens with one attached hydrogen (secondary N) is 1. The minimum absolute atomic E-state index is 0.0296. The number of sulfonamides is 1. The van der Waals surface area contributed by atoms with Crippen LogP contribution in [0.2, 0.25) is 10.0 Å². The van der Waals surface area contributed by atoms with Crippen molar-refractivity contribution in [2.75, 3.05) is 24.2 Å². The van der Waals surface area contributed by atoms with Gasteiger partial charge in [-0.25, -0.2) is 8.42 Å². The maximum absolute atomic E-state index is 13.6. The number of nitrogens with zero attached hydrogens (tertiary/aromatic N) is 2. The smallest absolute Gasteiger partial charge is 0.243 e. The number of carbonyl (C=O) groups is 2. The highest BCUT2D eigenvalue weighted by Gasteiger charge is 2.31. The zero-order chi connectivity index (χ0) is 28.7. The molecule has 0 radical (unpaired) electrons. The van der Waals surface area contributed by atoms with Crippen molar-refractivity contribution in [1.82, 2.24) is 10.2 Å². The standard InChI is InChI=1S/C27H37Cl2N3O5S/c1-7-22(26(34)30-27(2,3)4)31(18-19-14-15-20(28)21(29)17-19)25(33)13-10-16-32(38(6,35)36)23-11-8-9-12-24(23)37-5/h8-9,11-12,14-15,17,22H,7,10,13,16,18H2,1-6H3,(H,30,34). The van der Waals surface area contributed by atoms with Crippen LogP contribution in [0.4, 0.5) is 5.69 Å². The number of methoxy groups -OCH3 is 1. The molecule has 11 heteroatoms. The second-order valence-corrected chi connectivity index (χ2v) is 12.8. The first-order valence-electron chi connectivity index (χ1n) is 12.3. The Morgan fingerprint density at radius 3 is 2.29 bits per heavy atom. The van der Waals surface area contributed by atoms with Crippen molar-refractivity contribution in [3.63, 3.8) is 0 Å². The Hall–Kier alpha value is -2.49. The molecular weight excluding hydrogens is 549 g/mol. The molecule has 1 N–H and O–H groups in total. The summed E-state index contributed by atoms with van der Waals surface area (Å²) in [6.45, 7) is 7.68. The first kappa shape index (κ1) is 31.7. The Kier molecular flexibility index (Phi) is 11.3. The molecule has 0 fully saturated rings. The van der Waals surface area contributed by atoms with E-state index < -0.39 is 21.6 Å². The zero-order valence-corrected chi connectivity index (χ0v) is 25.1. The van der Waals surface area contributed by atoms with E-state index in [0.29, 0.717) is 27.9 Å². The van der Waals surface area contributed by atoms with E-state index in [9.17, 15) is 18.0 Å². The molecule has 1 unspecified atom stereocenters. The summed E-state index contributed by atoms with van der Waals surface area (Å²) in [5.74, 6) is -0.129. The van der Waals surface area contributed by atoms with Gasteiger partial charge in [0.25, 0.3) is 0 Å². The SMILES string of the molecule is CCC(C(=O)NC(C)(C)C)N(Cc1ccc(Cl)c(Cl)c1)C(=O)CCCN(c1ccccc1OC)S(C)(=O)=O. The number of ether oxygens (including phenoxy) is 1. The van der Waals surface area contributed by atoms with Gasteiger partial charge in [0.1, 0.15) is 11.8 Å². The van der Waals surface area contributed by atoms with E-state index in [1.54, 1.807) is 42.5 Å². The number of amides is 2. The number of benzene rings is 2. The van der Waals surface area contributed by atoms with E-state index >= 15 is 0 Å². The lowest BCUT2D eigenvalue weighted by molar-refractivity contribution is -0.142. The van der Waals surface area contributed by atoms with E-state index in [-0.39, 0.29) is 37.7 Å². The molecule has 2 aromatic rings. The summed E-state index contributed by atoms with van der Waals surface area (Å²) in [6.07, 6.45) is 1.77. The van der Waals surface area contributed by atoms with Crippen molar-refractivity contribution in [3.05, 3.63) is 58.1 Å². The van der Waals surface area contributed by atoms with Crippen molar-refractivity contribution in [2.45, 2.75) is 65.1 Å². The van der Waals surface area contributed by atoms with Gasteiger partial charge in [-0.2, -0.15) is 0 Å². The molecule has 0 aliphatic rings. The minimum Gasteiger partial charge on any atom is -0.495 e. The van der Waals surface area contributed by atoms with Crippen LogP contribution in [0.25, 0.3) is 0 Å². The fraction of sp³-hybridized carbons (Fsp3) is 0.481. The third kappa shape index (κ3) is 9.06. The molecule has 2 amide bonds. The monoisotopic (exact) mass is 585 g/mol. The molecule has 0 spiro atoms. The highest BCUT2D eigenvalue weighted by atomic mass is 35.5. The van der Waals surface area contributed by atoms with Crippen LogP contribution in [-0.2, 0) is 26.2 Å². The van der Waals surface area contributed by atoms with E-state index in [1.807, 2.05) is 27.7 Å². The summed E-state index contributed by atoms with van der Waals surface area (Å²) in [4.78, 5) is 28.2. The molecule has 0 aliphatic heterocycles. The van der Waals surface area contributed by atoms with Gasteiger partial charge in [0, 0.05) is 25.0 Å². The van der Waals surface area contributed by atoms with Gasteiger partial charge < -0.3 is 15.0 Å². The summed E-state index contributed by atoms with van der Waals surface area (Å²) in [7, 11) is -2.17. The normalized spacial score (nSPS) is 12.5. The third-order valence-corrected chi connectivity index (χ3v) is 7.65. The Balaban J connectivity index is 2.30. The topological polar surface area (TPSA) is 96.0 Å². The number of hydrogen-bond acceptors (Lipinski definition) is 5. The summed E-state index contributed by atoms with van der Waals surface area (Å²) in [5.41, 5.74) is 0.642. The molecule has 210 valence electrons. The van der Waals surface area contributed by atoms with Crippen molar-refractivity contribution in [3.8, 4) is 5.75 Å². The van der Waals surface area contributed by atoms with Crippen molar-refractivity contribution in [2.24, 2.45) is 0 Å². The number of anilines is 1.